The fourth-order valence-electron chi connectivity index (χ4n) is 4.78. The molecule has 0 aliphatic carbocycles. The van der Waals surface area contributed by atoms with Gasteiger partial charge in [0.15, 0.2) is 0 Å². The molecule has 35 heavy (non-hydrogen) atoms. The third kappa shape index (κ3) is 4.46. The van der Waals surface area contributed by atoms with E-state index in [1.165, 1.54) is 5.56 Å². The summed E-state index contributed by atoms with van der Waals surface area (Å²) in [6.45, 7) is 7.60. The number of nitrogens with zero attached hydrogens (tertiary/aromatic N) is 2. The van der Waals surface area contributed by atoms with Gasteiger partial charge in [0, 0.05) is 30.2 Å². The van der Waals surface area contributed by atoms with E-state index in [1.807, 2.05) is 31.2 Å². The zero-order valence-corrected chi connectivity index (χ0v) is 20.5. The first-order valence-corrected chi connectivity index (χ1v) is 12.3. The van der Waals surface area contributed by atoms with Crippen molar-refractivity contribution in [1.29, 1.82) is 0 Å². The predicted molar refractivity (Wildman–Crippen MR) is 138 cm³/mol. The molecule has 2 heterocycles. The monoisotopic (exact) mass is 466 g/mol. The lowest BCUT2D eigenvalue weighted by molar-refractivity contribution is -0.137. The first kappa shape index (κ1) is 22.9. The summed E-state index contributed by atoms with van der Waals surface area (Å²) in [4.78, 5) is 17.4. The van der Waals surface area contributed by atoms with Crippen LogP contribution in [0.2, 0.25) is 0 Å². The van der Waals surface area contributed by atoms with Crippen molar-refractivity contribution in [1.82, 2.24) is 9.55 Å². The van der Waals surface area contributed by atoms with Gasteiger partial charge in [-0.15, -0.1) is 0 Å². The summed E-state index contributed by atoms with van der Waals surface area (Å²) in [5.41, 5.74) is 8.30. The summed E-state index contributed by atoms with van der Waals surface area (Å²) < 4.78 is 13.8. The van der Waals surface area contributed by atoms with Gasteiger partial charge in [-0.3, -0.25) is 0 Å². The van der Waals surface area contributed by atoms with Gasteiger partial charge in [0.25, 0.3) is 0 Å². The molecule has 0 atom stereocenters. The van der Waals surface area contributed by atoms with E-state index in [4.69, 9.17) is 14.5 Å². The topological polar surface area (TPSA) is 53.4 Å². The number of fused-ring (bicyclic) bond motifs is 3. The van der Waals surface area contributed by atoms with Crippen LogP contribution in [0.25, 0.3) is 16.6 Å². The zero-order chi connectivity index (χ0) is 24.4. The van der Waals surface area contributed by atoms with Crippen molar-refractivity contribution in [2.75, 3.05) is 6.61 Å². The summed E-state index contributed by atoms with van der Waals surface area (Å²) in [6, 6.07) is 20.7. The minimum Gasteiger partial charge on any atom is -0.488 e. The first-order valence-electron chi connectivity index (χ1n) is 12.3. The molecule has 3 aromatic carbocycles. The quantitative estimate of drug-likeness (QED) is 0.250. The van der Waals surface area contributed by atoms with E-state index in [1.54, 1.807) is 6.08 Å². The van der Waals surface area contributed by atoms with Crippen molar-refractivity contribution in [3.05, 3.63) is 100 Å². The van der Waals surface area contributed by atoms with Gasteiger partial charge in [-0.25, -0.2) is 9.78 Å². The molecule has 0 fully saturated rings. The smallest absolute Gasteiger partial charge is 0.331 e. The molecule has 178 valence electrons. The maximum absolute atomic E-state index is 12.4. The van der Waals surface area contributed by atoms with Crippen LogP contribution in [-0.4, -0.2) is 22.1 Å². The predicted octanol–water partition coefficient (Wildman–Crippen LogP) is 6.23. The summed E-state index contributed by atoms with van der Waals surface area (Å²) in [6.07, 6.45) is 3.55. The number of aromatic nitrogens is 2. The standard InChI is InChI=1S/C30H30N2O3/c1-4-9-28-31-30-20(3)10-8-13-26(30)32(28)18-21-14-15-24-25(17-29(33)34-5-2)23-12-7-6-11-22(23)19-35-27(24)16-21/h6-8,10-17H,4-5,9,18-19H2,1-3H3. The van der Waals surface area contributed by atoms with Gasteiger partial charge >= 0.3 is 5.97 Å². The van der Waals surface area contributed by atoms with E-state index in [2.05, 4.69) is 54.8 Å². The third-order valence-corrected chi connectivity index (χ3v) is 6.45. The van der Waals surface area contributed by atoms with E-state index in [9.17, 15) is 4.79 Å². The summed E-state index contributed by atoms with van der Waals surface area (Å²) in [5, 5.41) is 0. The Balaban J connectivity index is 1.57. The Morgan fingerprint density at radius 3 is 2.77 bits per heavy atom. The molecule has 5 rings (SSSR count). The molecule has 5 nitrogen and oxygen atoms in total. The second-order valence-electron chi connectivity index (χ2n) is 8.89. The Morgan fingerprint density at radius 2 is 1.94 bits per heavy atom. The molecule has 4 aromatic rings. The highest BCUT2D eigenvalue weighted by Gasteiger charge is 2.21. The van der Waals surface area contributed by atoms with Crippen LogP contribution in [-0.2, 0) is 29.1 Å². The van der Waals surface area contributed by atoms with Crippen LogP contribution in [0.3, 0.4) is 0 Å². The van der Waals surface area contributed by atoms with Crippen molar-refractivity contribution in [3.63, 3.8) is 0 Å². The molecular weight excluding hydrogens is 436 g/mol. The molecule has 0 bridgehead atoms. The van der Waals surface area contributed by atoms with Gasteiger partial charge in [-0.1, -0.05) is 55.5 Å². The highest BCUT2D eigenvalue weighted by Crippen LogP contribution is 2.37. The number of hydrogen-bond donors (Lipinski definition) is 0. The highest BCUT2D eigenvalue weighted by atomic mass is 16.5. The number of benzene rings is 3. The fourth-order valence-corrected chi connectivity index (χ4v) is 4.78. The number of para-hydroxylation sites is 1. The molecule has 0 amide bonds. The summed E-state index contributed by atoms with van der Waals surface area (Å²) in [7, 11) is 0. The van der Waals surface area contributed by atoms with Gasteiger partial charge in [-0.05, 0) is 54.7 Å². The molecule has 1 aliphatic rings. The molecule has 0 radical (unpaired) electrons. The Hall–Kier alpha value is -3.86. The first-order chi connectivity index (χ1) is 17.1. The summed E-state index contributed by atoms with van der Waals surface area (Å²) >= 11 is 0. The maximum atomic E-state index is 12.4. The van der Waals surface area contributed by atoms with Crippen molar-refractivity contribution < 1.29 is 14.3 Å². The second-order valence-corrected chi connectivity index (χ2v) is 8.89. The van der Waals surface area contributed by atoms with Crippen LogP contribution < -0.4 is 4.74 Å². The Kier molecular flexibility index (Phi) is 6.41. The average molecular weight is 467 g/mol. The molecule has 0 saturated carbocycles. The van der Waals surface area contributed by atoms with Crippen LogP contribution in [0.5, 0.6) is 5.75 Å². The number of ether oxygens (including phenoxy) is 2. The number of carbonyl (C=O) groups is 1. The van der Waals surface area contributed by atoms with E-state index in [-0.39, 0.29) is 5.97 Å². The van der Waals surface area contributed by atoms with Gasteiger partial charge in [-0.2, -0.15) is 0 Å². The molecular formula is C30H30N2O3. The van der Waals surface area contributed by atoms with E-state index >= 15 is 0 Å². The van der Waals surface area contributed by atoms with Crippen LogP contribution in [0.1, 0.15) is 53.9 Å². The molecule has 0 N–H and O–H groups in total. The van der Waals surface area contributed by atoms with Crippen molar-refractivity contribution in [3.8, 4) is 5.75 Å². The van der Waals surface area contributed by atoms with Gasteiger partial charge in [0.2, 0.25) is 0 Å². The Morgan fingerprint density at radius 1 is 1.09 bits per heavy atom. The normalized spacial score (nSPS) is 13.7. The van der Waals surface area contributed by atoms with E-state index < -0.39 is 0 Å². The number of rotatable bonds is 6. The van der Waals surface area contributed by atoms with Crippen LogP contribution in [0, 0.1) is 6.92 Å². The number of aryl methyl sites for hydroxylation is 2. The second kappa shape index (κ2) is 9.79. The Bertz CT molecular complexity index is 1430. The molecule has 0 saturated heterocycles. The molecule has 0 spiro atoms. The minimum absolute atomic E-state index is 0.338. The van der Waals surface area contributed by atoms with Crippen LogP contribution in [0.4, 0.5) is 0 Å². The van der Waals surface area contributed by atoms with Gasteiger partial charge < -0.3 is 14.0 Å². The minimum atomic E-state index is -0.348. The third-order valence-electron chi connectivity index (χ3n) is 6.45. The van der Waals surface area contributed by atoms with E-state index in [0.29, 0.717) is 19.8 Å². The largest absolute Gasteiger partial charge is 0.488 e. The highest BCUT2D eigenvalue weighted by molar-refractivity contribution is 5.98. The van der Waals surface area contributed by atoms with Crippen LogP contribution >= 0.6 is 0 Å². The molecule has 1 aromatic heterocycles. The molecule has 0 unspecified atom stereocenters. The Labute approximate surface area is 206 Å². The lowest BCUT2D eigenvalue weighted by Gasteiger charge is -2.14. The lowest BCUT2D eigenvalue weighted by Crippen LogP contribution is -2.06. The fraction of sp³-hybridized carbons (Fsp3) is 0.267. The van der Waals surface area contributed by atoms with Gasteiger partial charge in [0.1, 0.15) is 18.2 Å². The number of hydrogen-bond acceptors (Lipinski definition) is 4. The average Bonchev–Trinajstić information content (AvgIpc) is 3.12. The molecule has 5 heteroatoms. The number of imidazole rings is 1. The van der Waals surface area contributed by atoms with E-state index in [0.717, 1.165) is 63.3 Å². The van der Waals surface area contributed by atoms with Crippen molar-refractivity contribution in [2.45, 2.75) is 46.8 Å². The maximum Gasteiger partial charge on any atom is 0.331 e. The van der Waals surface area contributed by atoms with Crippen LogP contribution in [0.15, 0.2) is 66.7 Å². The lowest BCUT2D eigenvalue weighted by atomic mass is 9.93. The number of esters is 1. The molecule has 1 aliphatic heterocycles. The van der Waals surface area contributed by atoms with Crippen molar-refractivity contribution >= 4 is 22.6 Å². The van der Waals surface area contributed by atoms with Gasteiger partial charge in [0.05, 0.1) is 17.6 Å². The SMILES string of the molecule is CCCc1nc2c(C)cccc2n1Cc1ccc2c(c1)OCc1ccccc1C2=CC(=O)OCC. The zero-order valence-electron chi connectivity index (χ0n) is 20.5. The summed E-state index contributed by atoms with van der Waals surface area (Å²) in [5.74, 6) is 1.52. The number of carbonyl (C=O) groups excluding carboxylic acids is 1. The van der Waals surface area contributed by atoms with Crippen molar-refractivity contribution in [2.24, 2.45) is 0 Å².